The van der Waals surface area contributed by atoms with E-state index in [9.17, 15) is 0 Å². The molecular weight excluding hydrogens is 288 g/mol. The van der Waals surface area contributed by atoms with Crippen LogP contribution in [-0.2, 0) is 0 Å². The summed E-state index contributed by atoms with van der Waals surface area (Å²) >= 11 is 9.26. The first-order valence-corrected chi connectivity index (χ1v) is 5.69. The van der Waals surface area contributed by atoms with Crippen LogP contribution in [0.5, 0.6) is 0 Å². The molecule has 0 saturated heterocycles. The van der Waals surface area contributed by atoms with Gasteiger partial charge < -0.3 is 0 Å². The highest BCUT2D eigenvalue weighted by molar-refractivity contribution is 9.10. The average molecular weight is 294 g/mol. The van der Waals surface area contributed by atoms with Gasteiger partial charge in [-0.25, -0.2) is 0 Å². The number of hydrogen-bond acceptors (Lipinski definition) is 2. The SMILES string of the molecule is N#Cc1cc(Cl)ccc1-c1ccncc1Br. The van der Waals surface area contributed by atoms with E-state index in [4.69, 9.17) is 16.9 Å². The zero-order chi connectivity index (χ0) is 11.5. The molecule has 0 N–H and O–H groups in total. The number of halogens is 2. The van der Waals surface area contributed by atoms with Crippen LogP contribution in [0.25, 0.3) is 11.1 Å². The molecule has 0 bridgehead atoms. The van der Waals surface area contributed by atoms with E-state index < -0.39 is 0 Å². The highest BCUT2D eigenvalue weighted by Crippen LogP contribution is 2.31. The van der Waals surface area contributed by atoms with Crippen molar-refractivity contribution in [2.24, 2.45) is 0 Å². The second-order valence-electron chi connectivity index (χ2n) is 3.16. The lowest BCUT2D eigenvalue weighted by Crippen LogP contribution is -1.86. The summed E-state index contributed by atoms with van der Waals surface area (Å²) in [6.07, 6.45) is 3.39. The van der Waals surface area contributed by atoms with Gasteiger partial charge in [0.15, 0.2) is 0 Å². The van der Waals surface area contributed by atoms with Gasteiger partial charge in [-0.05, 0) is 34.1 Å². The molecule has 2 rings (SSSR count). The monoisotopic (exact) mass is 292 g/mol. The van der Waals surface area contributed by atoms with Gasteiger partial charge >= 0.3 is 0 Å². The lowest BCUT2D eigenvalue weighted by Gasteiger charge is -2.06. The number of nitrogens with zero attached hydrogens (tertiary/aromatic N) is 2. The van der Waals surface area contributed by atoms with Crippen LogP contribution >= 0.6 is 27.5 Å². The maximum Gasteiger partial charge on any atom is 0.0998 e. The Balaban J connectivity index is 2.66. The number of rotatable bonds is 1. The number of nitriles is 1. The second-order valence-corrected chi connectivity index (χ2v) is 4.45. The Morgan fingerprint density at radius 2 is 2.06 bits per heavy atom. The summed E-state index contributed by atoms with van der Waals surface area (Å²) in [5, 5.41) is 9.62. The summed E-state index contributed by atoms with van der Waals surface area (Å²) in [7, 11) is 0. The van der Waals surface area contributed by atoms with Crippen molar-refractivity contribution in [1.82, 2.24) is 4.98 Å². The Kier molecular flexibility index (Phi) is 3.23. The standard InChI is InChI=1S/C12H6BrClN2/c13-12-7-16-4-3-11(12)10-2-1-9(14)5-8(10)6-15/h1-5,7H. The van der Waals surface area contributed by atoms with Crippen LogP contribution in [-0.4, -0.2) is 4.98 Å². The van der Waals surface area contributed by atoms with Crippen molar-refractivity contribution in [2.75, 3.05) is 0 Å². The van der Waals surface area contributed by atoms with Crippen molar-refractivity contribution in [3.8, 4) is 17.2 Å². The van der Waals surface area contributed by atoms with Crippen molar-refractivity contribution in [2.45, 2.75) is 0 Å². The van der Waals surface area contributed by atoms with Crippen LogP contribution in [0.2, 0.25) is 5.02 Å². The van der Waals surface area contributed by atoms with Gasteiger partial charge in [-0.15, -0.1) is 0 Å². The minimum atomic E-state index is 0.555. The van der Waals surface area contributed by atoms with Gasteiger partial charge in [0.1, 0.15) is 0 Å². The Hall–Kier alpha value is -1.37. The molecule has 0 fully saturated rings. The molecule has 0 atom stereocenters. The molecule has 1 aromatic carbocycles. The van der Waals surface area contributed by atoms with E-state index in [2.05, 4.69) is 27.0 Å². The molecule has 4 heteroatoms. The van der Waals surface area contributed by atoms with Crippen LogP contribution < -0.4 is 0 Å². The van der Waals surface area contributed by atoms with E-state index in [1.54, 1.807) is 24.5 Å². The highest BCUT2D eigenvalue weighted by Gasteiger charge is 2.08. The molecule has 78 valence electrons. The zero-order valence-electron chi connectivity index (χ0n) is 8.11. The topological polar surface area (TPSA) is 36.7 Å². The minimum Gasteiger partial charge on any atom is -0.264 e. The molecule has 2 nitrogen and oxygen atoms in total. The molecule has 0 saturated carbocycles. The van der Waals surface area contributed by atoms with Gasteiger partial charge in [0, 0.05) is 33.0 Å². The Morgan fingerprint density at radius 1 is 1.25 bits per heavy atom. The van der Waals surface area contributed by atoms with E-state index in [1.165, 1.54) is 0 Å². The van der Waals surface area contributed by atoms with Crippen molar-refractivity contribution in [3.05, 3.63) is 51.7 Å². The van der Waals surface area contributed by atoms with Crippen LogP contribution in [0.1, 0.15) is 5.56 Å². The molecular formula is C12H6BrClN2. The van der Waals surface area contributed by atoms with Gasteiger partial charge in [-0.1, -0.05) is 17.7 Å². The van der Waals surface area contributed by atoms with Gasteiger partial charge in [-0.3, -0.25) is 4.98 Å². The molecule has 0 spiro atoms. The Labute approximate surface area is 107 Å². The summed E-state index contributed by atoms with van der Waals surface area (Å²) in [6.45, 7) is 0. The zero-order valence-corrected chi connectivity index (χ0v) is 10.5. The third-order valence-corrected chi connectivity index (χ3v) is 3.03. The van der Waals surface area contributed by atoms with E-state index in [0.717, 1.165) is 15.6 Å². The molecule has 0 aliphatic heterocycles. The number of pyridine rings is 1. The van der Waals surface area contributed by atoms with Crippen LogP contribution in [0.15, 0.2) is 41.1 Å². The van der Waals surface area contributed by atoms with E-state index >= 15 is 0 Å². The molecule has 0 unspecified atom stereocenters. The molecule has 0 radical (unpaired) electrons. The highest BCUT2D eigenvalue weighted by atomic mass is 79.9. The minimum absolute atomic E-state index is 0.555. The van der Waals surface area contributed by atoms with E-state index in [-0.39, 0.29) is 0 Å². The first kappa shape index (κ1) is 11.1. The number of aromatic nitrogens is 1. The normalized spacial score (nSPS) is 9.81. The summed E-state index contributed by atoms with van der Waals surface area (Å²) in [5.41, 5.74) is 2.34. The summed E-state index contributed by atoms with van der Waals surface area (Å²) in [6, 6.07) is 9.25. The smallest absolute Gasteiger partial charge is 0.0998 e. The first-order valence-electron chi connectivity index (χ1n) is 4.52. The van der Waals surface area contributed by atoms with E-state index in [0.29, 0.717) is 10.6 Å². The summed E-state index contributed by atoms with van der Waals surface area (Å²) in [5.74, 6) is 0. The van der Waals surface area contributed by atoms with Crippen molar-refractivity contribution in [1.29, 1.82) is 5.26 Å². The molecule has 0 amide bonds. The third-order valence-electron chi connectivity index (χ3n) is 2.16. The molecule has 2 aromatic rings. The molecule has 0 aliphatic carbocycles. The van der Waals surface area contributed by atoms with Gasteiger partial charge in [0.25, 0.3) is 0 Å². The fourth-order valence-electron chi connectivity index (χ4n) is 1.44. The largest absolute Gasteiger partial charge is 0.264 e. The number of hydrogen-bond donors (Lipinski definition) is 0. The first-order chi connectivity index (χ1) is 7.72. The molecule has 1 heterocycles. The van der Waals surface area contributed by atoms with Crippen LogP contribution in [0.4, 0.5) is 0 Å². The summed E-state index contributed by atoms with van der Waals surface area (Å²) in [4.78, 5) is 3.99. The van der Waals surface area contributed by atoms with Crippen molar-refractivity contribution in [3.63, 3.8) is 0 Å². The van der Waals surface area contributed by atoms with Crippen LogP contribution in [0, 0.1) is 11.3 Å². The number of benzene rings is 1. The van der Waals surface area contributed by atoms with Gasteiger partial charge in [0.2, 0.25) is 0 Å². The van der Waals surface area contributed by atoms with Crippen molar-refractivity contribution >= 4 is 27.5 Å². The lowest BCUT2D eigenvalue weighted by molar-refractivity contribution is 1.31. The van der Waals surface area contributed by atoms with Gasteiger partial charge in [-0.2, -0.15) is 5.26 Å². The maximum atomic E-state index is 9.06. The van der Waals surface area contributed by atoms with E-state index in [1.807, 2.05) is 12.1 Å². The third kappa shape index (κ3) is 2.08. The second kappa shape index (κ2) is 4.65. The Morgan fingerprint density at radius 3 is 2.75 bits per heavy atom. The average Bonchev–Trinajstić information content (AvgIpc) is 2.30. The fraction of sp³-hybridized carbons (Fsp3) is 0. The molecule has 1 aromatic heterocycles. The molecule has 0 aliphatic rings. The maximum absolute atomic E-state index is 9.06. The Bertz CT molecular complexity index is 575. The van der Waals surface area contributed by atoms with Crippen LogP contribution in [0.3, 0.4) is 0 Å². The fourth-order valence-corrected chi connectivity index (χ4v) is 2.07. The van der Waals surface area contributed by atoms with Crippen molar-refractivity contribution < 1.29 is 0 Å². The summed E-state index contributed by atoms with van der Waals surface area (Å²) < 4.78 is 0.855. The van der Waals surface area contributed by atoms with Gasteiger partial charge in [0.05, 0.1) is 11.6 Å². The lowest BCUT2D eigenvalue weighted by atomic mass is 10.0. The molecule has 16 heavy (non-hydrogen) atoms. The quantitative estimate of drug-likeness (QED) is 0.796. The predicted octanol–water partition coefficient (Wildman–Crippen LogP) is 4.04. The predicted molar refractivity (Wildman–Crippen MR) is 67.1 cm³/mol.